The van der Waals surface area contributed by atoms with Crippen molar-refractivity contribution in [1.29, 1.82) is 0 Å². The predicted octanol–water partition coefficient (Wildman–Crippen LogP) is 4.31. The average Bonchev–Trinajstić information content (AvgIpc) is 3.07. The molecule has 0 bridgehead atoms. The number of Topliss-reactive ketones (excluding diaryl/α,β-unsaturated/α-hetero) is 1. The van der Waals surface area contributed by atoms with Crippen molar-refractivity contribution in [3.63, 3.8) is 0 Å². The summed E-state index contributed by atoms with van der Waals surface area (Å²) >= 11 is 0. The highest BCUT2D eigenvalue weighted by Crippen LogP contribution is 2.45. The number of aryl methyl sites for hydroxylation is 1. The number of rotatable bonds is 8. The van der Waals surface area contributed by atoms with Crippen LogP contribution in [0.2, 0.25) is 0 Å². The number of ether oxygens (including phenoxy) is 3. The molecule has 0 radical (unpaired) electrons. The second-order valence-electron chi connectivity index (χ2n) is 7.79. The standard InChI is InChI=1S/C24H26O6/c1-2-28-24-21(26)11-9-19(17-6-8-18-16(12-17)7-10-20(18)25)23(24)30-14-22(27)29-13-15-4-3-5-15/h6,8-9,11-12,15,26H,2-5,7,10,13-14H2,1H3. The minimum atomic E-state index is -0.446. The number of phenols is 1. The van der Waals surface area contributed by atoms with E-state index in [9.17, 15) is 14.7 Å². The lowest BCUT2D eigenvalue weighted by Crippen LogP contribution is -2.23. The summed E-state index contributed by atoms with van der Waals surface area (Å²) in [5, 5.41) is 10.3. The second kappa shape index (κ2) is 8.78. The SMILES string of the molecule is CCOc1c(O)ccc(-c2ccc3c(c2)CCC3=O)c1OCC(=O)OCC1CCC1. The van der Waals surface area contributed by atoms with Gasteiger partial charge in [0.1, 0.15) is 0 Å². The van der Waals surface area contributed by atoms with Crippen molar-refractivity contribution >= 4 is 11.8 Å². The number of hydrogen-bond acceptors (Lipinski definition) is 6. The molecule has 2 aromatic carbocycles. The van der Waals surface area contributed by atoms with Crippen molar-refractivity contribution in [2.24, 2.45) is 5.92 Å². The molecular formula is C24H26O6. The van der Waals surface area contributed by atoms with E-state index < -0.39 is 5.97 Å². The van der Waals surface area contributed by atoms with E-state index in [4.69, 9.17) is 14.2 Å². The monoisotopic (exact) mass is 410 g/mol. The minimum absolute atomic E-state index is 0.0604. The summed E-state index contributed by atoms with van der Waals surface area (Å²) in [6, 6.07) is 8.91. The predicted molar refractivity (Wildman–Crippen MR) is 111 cm³/mol. The largest absolute Gasteiger partial charge is 0.504 e. The van der Waals surface area contributed by atoms with Crippen LogP contribution in [0.5, 0.6) is 17.2 Å². The first-order chi connectivity index (χ1) is 14.6. The van der Waals surface area contributed by atoms with Crippen LogP contribution in [0, 0.1) is 5.92 Å². The Morgan fingerprint density at radius 3 is 2.60 bits per heavy atom. The molecule has 0 heterocycles. The molecule has 6 heteroatoms. The molecule has 158 valence electrons. The maximum absolute atomic E-state index is 12.2. The van der Waals surface area contributed by atoms with Gasteiger partial charge in [-0.2, -0.15) is 0 Å². The molecule has 0 aromatic heterocycles. The van der Waals surface area contributed by atoms with Gasteiger partial charge in [0.05, 0.1) is 13.2 Å². The Balaban J connectivity index is 1.59. The molecule has 2 aliphatic rings. The van der Waals surface area contributed by atoms with Gasteiger partial charge in [-0.15, -0.1) is 0 Å². The van der Waals surface area contributed by atoms with Gasteiger partial charge in [0.15, 0.2) is 23.9 Å². The number of esters is 1. The first-order valence-corrected chi connectivity index (χ1v) is 10.5. The zero-order chi connectivity index (χ0) is 21.1. The highest BCUT2D eigenvalue weighted by atomic mass is 16.6. The van der Waals surface area contributed by atoms with Crippen LogP contribution in [0.1, 0.15) is 48.5 Å². The molecule has 4 rings (SSSR count). The van der Waals surface area contributed by atoms with E-state index in [-0.39, 0.29) is 23.9 Å². The first kappa shape index (κ1) is 20.3. The summed E-state index contributed by atoms with van der Waals surface area (Å²) in [6.45, 7) is 2.29. The zero-order valence-corrected chi connectivity index (χ0v) is 17.1. The van der Waals surface area contributed by atoms with Gasteiger partial charge in [-0.1, -0.05) is 24.6 Å². The molecule has 0 aliphatic heterocycles. The Kier molecular flexibility index (Phi) is 5.93. The molecule has 2 aromatic rings. The van der Waals surface area contributed by atoms with E-state index in [0.29, 0.717) is 43.3 Å². The fourth-order valence-electron chi connectivity index (χ4n) is 3.87. The third-order valence-electron chi connectivity index (χ3n) is 5.76. The van der Waals surface area contributed by atoms with Crippen molar-refractivity contribution in [3.8, 4) is 28.4 Å². The molecule has 0 atom stereocenters. The van der Waals surface area contributed by atoms with E-state index >= 15 is 0 Å². The molecule has 0 spiro atoms. The Hall–Kier alpha value is -3.02. The summed E-state index contributed by atoms with van der Waals surface area (Å²) in [4.78, 5) is 24.1. The first-order valence-electron chi connectivity index (χ1n) is 10.5. The van der Waals surface area contributed by atoms with Gasteiger partial charge in [0, 0.05) is 17.5 Å². The summed E-state index contributed by atoms with van der Waals surface area (Å²) in [5.74, 6) is 0.592. The fraction of sp³-hybridized carbons (Fsp3) is 0.417. The van der Waals surface area contributed by atoms with E-state index in [0.717, 1.165) is 29.5 Å². The molecule has 6 nitrogen and oxygen atoms in total. The smallest absolute Gasteiger partial charge is 0.344 e. The van der Waals surface area contributed by atoms with Gasteiger partial charge in [-0.05, 0) is 55.4 Å². The van der Waals surface area contributed by atoms with Crippen LogP contribution in [0.15, 0.2) is 30.3 Å². The number of carbonyl (C=O) groups is 2. The molecule has 30 heavy (non-hydrogen) atoms. The number of ketones is 1. The lowest BCUT2D eigenvalue weighted by molar-refractivity contribution is -0.148. The normalized spacial score (nSPS) is 15.4. The molecule has 2 aliphatic carbocycles. The van der Waals surface area contributed by atoms with Crippen molar-refractivity contribution in [1.82, 2.24) is 0 Å². The molecule has 0 saturated heterocycles. The van der Waals surface area contributed by atoms with Crippen LogP contribution >= 0.6 is 0 Å². The number of fused-ring (bicyclic) bond motifs is 1. The van der Waals surface area contributed by atoms with E-state index in [1.54, 1.807) is 12.1 Å². The van der Waals surface area contributed by atoms with Crippen LogP contribution < -0.4 is 9.47 Å². The molecule has 1 fully saturated rings. The molecule has 0 unspecified atom stereocenters. The Morgan fingerprint density at radius 1 is 1.07 bits per heavy atom. The van der Waals surface area contributed by atoms with Crippen LogP contribution in [0.3, 0.4) is 0 Å². The topological polar surface area (TPSA) is 82.1 Å². The van der Waals surface area contributed by atoms with Crippen LogP contribution in [0.25, 0.3) is 11.1 Å². The quantitative estimate of drug-likeness (QED) is 0.653. The zero-order valence-electron chi connectivity index (χ0n) is 17.1. The molecular weight excluding hydrogens is 384 g/mol. The van der Waals surface area contributed by atoms with Crippen molar-refractivity contribution in [2.45, 2.75) is 39.0 Å². The van der Waals surface area contributed by atoms with Crippen molar-refractivity contribution < 1.29 is 28.9 Å². The lowest BCUT2D eigenvalue weighted by Gasteiger charge is -2.24. The number of hydrogen-bond donors (Lipinski definition) is 1. The second-order valence-corrected chi connectivity index (χ2v) is 7.79. The van der Waals surface area contributed by atoms with E-state index in [2.05, 4.69) is 0 Å². The average molecular weight is 410 g/mol. The van der Waals surface area contributed by atoms with Gasteiger partial charge >= 0.3 is 5.97 Å². The van der Waals surface area contributed by atoms with Gasteiger partial charge in [0.25, 0.3) is 0 Å². The van der Waals surface area contributed by atoms with Crippen LogP contribution in [-0.2, 0) is 16.0 Å². The maximum atomic E-state index is 12.2. The van der Waals surface area contributed by atoms with Crippen LogP contribution in [0.4, 0.5) is 0 Å². The number of aromatic hydroxyl groups is 1. The number of carbonyl (C=O) groups excluding carboxylic acids is 2. The van der Waals surface area contributed by atoms with E-state index in [1.165, 1.54) is 6.42 Å². The Labute approximate surface area is 175 Å². The Morgan fingerprint density at radius 2 is 1.87 bits per heavy atom. The summed E-state index contributed by atoms with van der Waals surface area (Å²) in [5.41, 5.74) is 3.27. The summed E-state index contributed by atoms with van der Waals surface area (Å²) in [7, 11) is 0. The molecule has 1 N–H and O–H groups in total. The summed E-state index contributed by atoms with van der Waals surface area (Å²) in [6.07, 6.45) is 4.62. The number of phenolic OH excluding ortho intramolecular Hbond substituents is 1. The van der Waals surface area contributed by atoms with Crippen molar-refractivity contribution in [2.75, 3.05) is 19.8 Å². The van der Waals surface area contributed by atoms with E-state index in [1.807, 2.05) is 25.1 Å². The molecule has 0 amide bonds. The van der Waals surface area contributed by atoms with Gasteiger partial charge in [-0.3, -0.25) is 4.79 Å². The van der Waals surface area contributed by atoms with Crippen molar-refractivity contribution in [3.05, 3.63) is 41.5 Å². The molecule has 1 saturated carbocycles. The Bertz CT molecular complexity index is 960. The van der Waals surface area contributed by atoms with Gasteiger partial charge in [0.2, 0.25) is 5.75 Å². The number of benzene rings is 2. The third kappa shape index (κ3) is 4.13. The van der Waals surface area contributed by atoms with Gasteiger partial charge in [-0.25, -0.2) is 4.79 Å². The van der Waals surface area contributed by atoms with Crippen LogP contribution in [-0.4, -0.2) is 36.7 Å². The fourth-order valence-corrected chi connectivity index (χ4v) is 3.87. The highest BCUT2D eigenvalue weighted by Gasteiger charge is 2.24. The highest BCUT2D eigenvalue weighted by molar-refractivity contribution is 6.01. The summed E-state index contributed by atoms with van der Waals surface area (Å²) < 4.78 is 16.7. The minimum Gasteiger partial charge on any atom is -0.504 e. The lowest BCUT2D eigenvalue weighted by atomic mass is 9.86. The third-order valence-corrected chi connectivity index (χ3v) is 5.76. The maximum Gasteiger partial charge on any atom is 0.344 e. The van der Waals surface area contributed by atoms with Gasteiger partial charge < -0.3 is 19.3 Å².